The van der Waals surface area contributed by atoms with E-state index in [-0.39, 0.29) is 12.6 Å². The van der Waals surface area contributed by atoms with Crippen LogP contribution in [0.3, 0.4) is 0 Å². The second-order valence-corrected chi connectivity index (χ2v) is 5.50. The predicted octanol–water partition coefficient (Wildman–Crippen LogP) is 0.0348. The van der Waals surface area contributed by atoms with Gasteiger partial charge in [0, 0.05) is 24.8 Å². The summed E-state index contributed by atoms with van der Waals surface area (Å²) in [5.74, 6) is 0.897. The lowest BCUT2D eigenvalue weighted by Crippen LogP contribution is -2.58. The zero-order chi connectivity index (χ0) is 12.3. The molecule has 0 aromatic rings. The van der Waals surface area contributed by atoms with Crippen molar-refractivity contribution >= 4 is 23.8 Å². The smallest absolute Gasteiger partial charge is 0.332 e. The van der Waals surface area contributed by atoms with Gasteiger partial charge in [-0.25, -0.2) is 9.59 Å². The van der Waals surface area contributed by atoms with Crippen LogP contribution in [0, 0.1) is 0 Å². The first kappa shape index (κ1) is 12.5. The Kier molecular flexibility index (Phi) is 3.78. The number of thioether (sulfide) groups is 1. The summed E-state index contributed by atoms with van der Waals surface area (Å²) in [5, 5.41) is 14.5. The van der Waals surface area contributed by atoms with Gasteiger partial charge in [0.25, 0.3) is 0 Å². The zero-order valence-corrected chi connectivity index (χ0v) is 10.2. The van der Waals surface area contributed by atoms with Gasteiger partial charge in [0.1, 0.15) is 0 Å². The Morgan fingerprint density at radius 1 is 1.47 bits per heavy atom. The Morgan fingerprint density at radius 2 is 2.29 bits per heavy atom. The summed E-state index contributed by atoms with van der Waals surface area (Å²) in [6.07, 6.45) is 1.25. The first-order valence-corrected chi connectivity index (χ1v) is 6.75. The summed E-state index contributed by atoms with van der Waals surface area (Å²) >= 11 is 1.79. The van der Waals surface area contributed by atoms with Gasteiger partial charge in [-0.1, -0.05) is 0 Å². The summed E-state index contributed by atoms with van der Waals surface area (Å²) in [6, 6.07) is -0.265. The largest absolute Gasteiger partial charge is 0.479 e. The molecule has 7 heteroatoms. The van der Waals surface area contributed by atoms with Crippen LogP contribution in [0.4, 0.5) is 4.79 Å². The highest BCUT2D eigenvalue weighted by atomic mass is 32.2. The third-order valence-electron chi connectivity index (χ3n) is 3.05. The number of rotatable bonds is 3. The molecule has 2 unspecified atom stereocenters. The van der Waals surface area contributed by atoms with Crippen LogP contribution >= 0.6 is 11.8 Å². The van der Waals surface area contributed by atoms with Crippen molar-refractivity contribution in [2.24, 2.45) is 0 Å². The maximum atomic E-state index is 11.7. The summed E-state index contributed by atoms with van der Waals surface area (Å²) in [5.41, 5.74) is -1.25. The monoisotopic (exact) mass is 260 g/mol. The molecular formula is C10H16N2O4S. The van der Waals surface area contributed by atoms with E-state index < -0.39 is 17.5 Å². The minimum Gasteiger partial charge on any atom is -0.479 e. The van der Waals surface area contributed by atoms with E-state index in [9.17, 15) is 9.59 Å². The topological polar surface area (TPSA) is 87.7 Å². The number of carbonyl (C=O) groups excluding carboxylic acids is 1. The third kappa shape index (κ3) is 2.84. The van der Waals surface area contributed by atoms with Crippen LogP contribution in [0.25, 0.3) is 0 Å². The van der Waals surface area contributed by atoms with Crippen LogP contribution in [-0.4, -0.2) is 53.4 Å². The lowest BCUT2D eigenvalue weighted by atomic mass is 9.99. The Labute approximate surface area is 103 Å². The van der Waals surface area contributed by atoms with Gasteiger partial charge in [-0.2, -0.15) is 11.8 Å². The van der Waals surface area contributed by atoms with Crippen LogP contribution in [0.5, 0.6) is 0 Å². The Hall–Kier alpha value is -0.950. The van der Waals surface area contributed by atoms with Gasteiger partial charge in [-0.05, 0) is 12.2 Å². The average molecular weight is 260 g/mol. The molecule has 17 heavy (non-hydrogen) atoms. The fourth-order valence-electron chi connectivity index (χ4n) is 1.97. The molecule has 0 spiro atoms. The average Bonchev–Trinajstić information content (AvgIpc) is 2.89. The number of urea groups is 1. The van der Waals surface area contributed by atoms with Crippen molar-refractivity contribution in [3.63, 3.8) is 0 Å². The molecule has 0 radical (unpaired) electrons. The van der Waals surface area contributed by atoms with Crippen LogP contribution in [0.1, 0.15) is 12.8 Å². The molecule has 3 N–H and O–H groups in total. The van der Waals surface area contributed by atoms with Gasteiger partial charge in [0.15, 0.2) is 5.54 Å². The van der Waals surface area contributed by atoms with Crippen molar-refractivity contribution in [1.29, 1.82) is 0 Å². The molecule has 2 aliphatic rings. The molecule has 2 rings (SSSR count). The molecule has 2 amide bonds. The van der Waals surface area contributed by atoms with E-state index in [0.717, 1.165) is 17.9 Å². The third-order valence-corrected chi connectivity index (χ3v) is 4.21. The van der Waals surface area contributed by atoms with Crippen molar-refractivity contribution in [3.8, 4) is 0 Å². The van der Waals surface area contributed by atoms with Gasteiger partial charge >= 0.3 is 12.0 Å². The lowest BCUT2D eigenvalue weighted by molar-refractivity contribution is -0.144. The quantitative estimate of drug-likeness (QED) is 0.666. The molecule has 2 fully saturated rings. The molecule has 2 atom stereocenters. The summed E-state index contributed by atoms with van der Waals surface area (Å²) in [7, 11) is 0. The molecule has 2 saturated heterocycles. The maximum Gasteiger partial charge on any atom is 0.332 e. The van der Waals surface area contributed by atoms with E-state index in [4.69, 9.17) is 9.84 Å². The minimum absolute atomic E-state index is 0.0369. The molecule has 2 aliphatic heterocycles. The molecular weight excluding hydrogens is 244 g/mol. The molecule has 0 aromatic carbocycles. The fourth-order valence-corrected chi connectivity index (χ4v) is 3.13. The SMILES string of the molecule is O=C(NC1CCSC1)NC1(C(=O)O)CCOC1. The Balaban J connectivity index is 1.89. The number of hydrogen-bond donors (Lipinski definition) is 3. The first-order chi connectivity index (χ1) is 8.12. The van der Waals surface area contributed by atoms with Gasteiger partial charge in [-0.15, -0.1) is 0 Å². The van der Waals surface area contributed by atoms with Crippen LogP contribution in [0.15, 0.2) is 0 Å². The van der Waals surface area contributed by atoms with Crippen LogP contribution in [-0.2, 0) is 9.53 Å². The highest BCUT2D eigenvalue weighted by molar-refractivity contribution is 7.99. The van der Waals surface area contributed by atoms with Gasteiger partial charge < -0.3 is 20.5 Å². The van der Waals surface area contributed by atoms with Gasteiger partial charge in [0.2, 0.25) is 0 Å². The molecule has 0 aliphatic carbocycles. The molecule has 0 saturated carbocycles. The van der Waals surface area contributed by atoms with E-state index in [2.05, 4.69) is 10.6 Å². The van der Waals surface area contributed by atoms with E-state index in [0.29, 0.717) is 13.0 Å². The summed E-state index contributed by atoms with van der Waals surface area (Å²) < 4.78 is 5.07. The molecule has 96 valence electrons. The second-order valence-electron chi connectivity index (χ2n) is 4.35. The van der Waals surface area contributed by atoms with Crippen molar-refractivity contribution in [3.05, 3.63) is 0 Å². The lowest BCUT2D eigenvalue weighted by Gasteiger charge is -2.24. The normalized spacial score (nSPS) is 32.4. The highest BCUT2D eigenvalue weighted by Crippen LogP contribution is 2.20. The van der Waals surface area contributed by atoms with E-state index in [1.807, 2.05) is 0 Å². The van der Waals surface area contributed by atoms with Crippen LogP contribution < -0.4 is 10.6 Å². The summed E-state index contributed by atoms with van der Waals surface area (Å²) in [4.78, 5) is 22.9. The highest BCUT2D eigenvalue weighted by Gasteiger charge is 2.44. The van der Waals surface area contributed by atoms with Crippen molar-refractivity contribution in [2.45, 2.75) is 24.4 Å². The summed E-state index contributed by atoms with van der Waals surface area (Å²) in [6.45, 7) is 0.404. The van der Waals surface area contributed by atoms with Crippen LogP contribution in [0.2, 0.25) is 0 Å². The van der Waals surface area contributed by atoms with Crippen molar-refractivity contribution in [2.75, 3.05) is 24.7 Å². The standard InChI is InChI=1S/C10H16N2O4S/c13-8(14)10(2-3-16-6-10)12-9(15)11-7-1-4-17-5-7/h7H,1-6H2,(H,13,14)(H2,11,12,15). The molecule has 0 aromatic heterocycles. The van der Waals surface area contributed by atoms with E-state index >= 15 is 0 Å². The molecule has 0 bridgehead atoms. The molecule has 6 nitrogen and oxygen atoms in total. The van der Waals surface area contributed by atoms with Crippen molar-refractivity contribution in [1.82, 2.24) is 10.6 Å². The molecule has 2 heterocycles. The van der Waals surface area contributed by atoms with Gasteiger partial charge in [-0.3, -0.25) is 0 Å². The fraction of sp³-hybridized carbons (Fsp3) is 0.800. The van der Waals surface area contributed by atoms with E-state index in [1.165, 1.54) is 0 Å². The van der Waals surface area contributed by atoms with Gasteiger partial charge in [0.05, 0.1) is 6.61 Å². The number of hydrogen-bond acceptors (Lipinski definition) is 4. The minimum atomic E-state index is -1.25. The number of carbonyl (C=O) groups is 2. The van der Waals surface area contributed by atoms with E-state index in [1.54, 1.807) is 11.8 Å². The number of carboxylic acid groups (broad SMARTS) is 1. The number of amides is 2. The second kappa shape index (κ2) is 5.14. The Bertz CT molecular complexity index is 311. The maximum absolute atomic E-state index is 11.7. The number of nitrogens with one attached hydrogen (secondary N) is 2. The number of ether oxygens (including phenoxy) is 1. The predicted molar refractivity (Wildman–Crippen MR) is 63.2 cm³/mol. The Morgan fingerprint density at radius 3 is 2.82 bits per heavy atom. The number of aliphatic carboxylic acids is 1. The first-order valence-electron chi connectivity index (χ1n) is 5.60. The van der Waals surface area contributed by atoms with Crippen molar-refractivity contribution < 1.29 is 19.4 Å². The zero-order valence-electron chi connectivity index (χ0n) is 9.40. The number of carboxylic acids is 1.